The number of carbonyl (C=O) groups is 2. The van der Waals surface area contributed by atoms with Gasteiger partial charge >= 0.3 is 12.1 Å². The van der Waals surface area contributed by atoms with Gasteiger partial charge in [0, 0.05) is 29.6 Å². The third kappa shape index (κ3) is 5.85. The first-order chi connectivity index (χ1) is 16.0. The fourth-order valence-electron chi connectivity index (χ4n) is 4.01. The lowest BCUT2D eigenvalue weighted by molar-refractivity contribution is -0.143. The molecule has 0 aliphatic carbocycles. The van der Waals surface area contributed by atoms with Gasteiger partial charge in [0.2, 0.25) is 0 Å². The van der Waals surface area contributed by atoms with E-state index in [1.165, 1.54) is 36.1 Å². The number of hydrogen-bond donors (Lipinski definition) is 1. The molecule has 7 nitrogen and oxygen atoms in total. The fourth-order valence-corrected chi connectivity index (χ4v) is 6.15. The van der Waals surface area contributed by atoms with Gasteiger partial charge in [-0.2, -0.15) is 0 Å². The van der Waals surface area contributed by atoms with Gasteiger partial charge in [0.05, 0.1) is 22.7 Å². The molecule has 1 heterocycles. The van der Waals surface area contributed by atoms with Crippen molar-refractivity contribution in [2.24, 2.45) is 11.8 Å². The lowest BCUT2D eigenvalue weighted by Crippen LogP contribution is -2.43. The van der Waals surface area contributed by atoms with Gasteiger partial charge in [-0.1, -0.05) is 18.5 Å². The van der Waals surface area contributed by atoms with Crippen molar-refractivity contribution < 1.29 is 36.6 Å². The van der Waals surface area contributed by atoms with Crippen LogP contribution >= 0.6 is 11.6 Å². The fraction of sp³-hybridized carbons (Fsp3) is 0.391. The minimum absolute atomic E-state index is 0.0203. The van der Waals surface area contributed by atoms with E-state index >= 15 is 0 Å². The maximum absolute atomic E-state index is 14.7. The van der Waals surface area contributed by atoms with Crippen molar-refractivity contribution >= 4 is 33.5 Å². The average molecular weight is 516 g/mol. The Bertz CT molecular complexity index is 1160. The Kier molecular flexibility index (Phi) is 8.14. The molecule has 3 atom stereocenters. The van der Waals surface area contributed by atoms with Crippen LogP contribution in [0.25, 0.3) is 0 Å². The molecule has 0 radical (unpaired) electrons. The number of halogens is 3. The summed E-state index contributed by atoms with van der Waals surface area (Å²) in [6.45, 7) is 1.32. The van der Waals surface area contributed by atoms with E-state index in [9.17, 15) is 31.9 Å². The van der Waals surface area contributed by atoms with Crippen LogP contribution in [0, 0.1) is 23.5 Å². The zero-order valence-electron chi connectivity index (χ0n) is 18.3. The number of aliphatic carboxylic acids is 1. The number of amides is 1. The predicted molar refractivity (Wildman–Crippen MR) is 120 cm³/mol. The number of hydrogen-bond acceptors (Lipinski definition) is 5. The number of rotatable bonds is 7. The molecule has 0 spiro atoms. The van der Waals surface area contributed by atoms with Crippen LogP contribution in [0.3, 0.4) is 0 Å². The van der Waals surface area contributed by atoms with E-state index in [2.05, 4.69) is 0 Å². The third-order valence-electron chi connectivity index (χ3n) is 5.76. The highest BCUT2D eigenvalue weighted by atomic mass is 35.5. The first kappa shape index (κ1) is 25.9. The molecule has 0 bridgehead atoms. The first-order valence-corrected chi connectivity index (χ1v) is 12.5. The molecule has 2 aromatic carbocycles. The number of carboxylic acid groups (broad SMARTS) is 1. The molecule has 3 rings (SSSR count). The quantitative estimate of drug-likeness (QED) is 0.573. The van der Waals surface area contributed by atoms with Gasteiger partial charge in [-0.3, -0.25) is 4.79 Å². The van der Waals surface area contributed by atoms with Crippen LogP contribution in [-0.4, -0.2) is 50.2 Å². The normalized spacial score (nSPS) is 18.2. The van der Waals surface area contributed by atoms with Gasteiger partial charge in [-0.05, 0) is 55.3 Å². The van der Waals surface area contributed by atoms with Crippen molar-refractivity contribution in [1.82, 2.24) is 4.90 Å². The Hall–Kier alpha value is -2.72. The SMILES string of the molecule is C[C@H](COC(=O)N1CCCC(C(=O)O)C1)C(c1cc(F)ccc1F)S(=O)(=O)c1ccc(Cl)cc1. The first-order valence-electron chi connectivity index (χ1n) is 10.6. The van der Waals surface area contributed by atoms with E-state index in [0.717, 1.165) is 18.2 Å². The molecule has 0 aromatic heterocycles. The molecule has 1 saturated heterocycles. The Morgan fingerprint density at radius 2 is 1.88 bits per heavy atom. The van der Waals surface area contributed by atoms with E-state index in [4.69, 9.17) is 16.3 Å². The number of piperidine rings is 1. The van der Waals surface area contributed by atoms with Gasteiger partial charge in [-0.15, -0.1) is 0 Å². The molecular weight excluding hydrogens is 492 g/mol. The van der Waals surface area contributed by atoms with E-state index in [1.54, 1.807) is 0 Å². The van der Waals surface area contributed by atoms with Crippen LogP contribution in [0.1, 0.15) is 30.6 Å². The van der Waals surface area contributed by atoms with Crippen LogP contribution < -0.4 is 0 Å². The smallest absolute Gasteiger partial charge is 0.409 e. The van der Waals surface area contributed by atoms with E-state index in [-0.39, 0.29) is 17.0 Å². The van der Waals surface area contributed by atoms with Crippen LogP contribution in [0.5, 0.6) is 0 Å². The van der Waals surface area contributed by atoms with Gasteiger partial charge in [0.15, 0.2) is 9.84 Å². The zero-order chi connectivity index (χ0) is 25.0. The number of benzene rings is 2. The van der Waals surface area contributed by atoms with Crippen LogP contribution in [-0.2, 0) is 19.4 Å². The molecule has 1 aliphatic rings. The maximum Gasteiger partial charge on any atom is 0.409 e. The van der Waals surface area contributed by atoms with Crippen LogP contribution in [0.2, 0.25) is 5.02 Å². The van der Waals surface area contributed by atoms with E-state index < -0.39 is 57.2 Å². The minimum atomic E-state index is -4.25. The molecule has 1 N–H and O–H groups in total. The van der Waals surface area contributed by atoms with Crippen LogP contribution in [0.15, 0.2) is 47.4 Å². The van der Waals surface area contributed by atoms with Crippen LogP contribution in [0.4, 0.5) is 13.6 Å². The monoisotopic (exact) mass is 515 g/mol. The molecule has 2 aromatic rings. The predicted octanol–water partition coefficient (Wildman–Crippen LogP) is 4.70. The number of carbonyl (C=O) groups excluding carboxylic acids is 1. The Balaban J connectivity index is 1.86. The third-order valence-corrected chi connectivity index (χ3v) is 8.32. The zero-order valence-corrected chi connectivity index (χ0v) is 19.9. The summed E-state index contributed by atoms with van der Waals surface area (Å²) in [4.78, 5) is 24.9. The van der Waals surface area contributed by atoms with Crippen molar-refractivity contribution in [3.8, 4) is 0 Å². The molecule has 1 aliphatic heterocycles. The Labute approximate surface area is 201 Å². The van der Waals surface area contributed by atoms with Gasteiger partial charge in [0.25, 0.3) is 0 Å². The van der Waals surface area contributed by atoms with Crippen molar-refractivity contribution in [1.29, 1.82) is 0 Å². The molecule has 2 unspecified atom stereocenters. The topological polar surface area (TPSA) is 101 Å². The van der Waals surface area contributed by atoms with Crippen molar-refractivity contribution in [2.45, 2.75) is 29.9 Å². The average Bonchev–Trinajstić information content (AvgIpc) is 2.80. The second-order valence-corrected chi connectivity index (χ2v) is 10.8. The Morgan fingerprint density at radius 3 is 2.53 bits per heavy atom. The summed E-state index contributed by atoms with van der Waals surface area (Å²) < 4.78 is 60.8. The lowest BCUT2D eigenvalue weighted by Gasteiger charge is -2.31. The van der Waals surface area contributed by atoms with Crippen molar-refractivity contribution in [3.63, 3.8) is 0 Å². The number of likely N-dealkylation sites (tertiary alicyclic amines) is 1. The van der Waals surface area contributed by atoms with Gasteiger partial charge in [-0.25, -0.2) is 22.0 Å². The van der Waals surface area contributed by atoms with Crippen molar-refractivity contribution in [3.05, 3.63) is 64.7 Å². The number of sulfone groups is 1. The highest BCUT2D eigenvalue weighted by Crippen LogP contribution is 2.37. The van der Waals surface area contributed by atoms with E-state index in [1.807, 2.05) is 0 Å². The molecule has 11 heteroatoms. The largest absolute Gasteiger partial charge is 0.481 e. The molecular formula is C23H24ClF2NO6S. The summed E-state index contributed by atoms with van der Waals surface area (Å²) in [6, 6.07) is 7.80. The van der Waals surface area contributed by atoms with Crippen molar-refractivity contribution in [2.75, 3.05) is 19.7 Å². The molecule has 184 valence electrons. The summed E-state index contributed by atoms with van der Waals surface area (Å²) >= 11 is 5.85. The molecule has 0 saturated carbocycles. The standard InChI is InChI=1S/C23H24ClF2NO6S/c1-14(13-33-23(30)27-10-2-3-15(12-27)22(28)29)21(19-11-17(25)6-9-20(19)26)34(31,32)18-7-4-16(24)5-8-18/h4-9,11,14-15,21H,2-3,10,12-13H2,1H3,(H,28,29)/t14-,15?,21?/m1/s1. The summed E-state index contributed by atoms with van der Waals surface area (Å²) in [7, 11) is -4.25. The lowest BCUT2D eigenvalue weighted by atomic mass is 9.99. The summed E-state index contributed by atoms with van der Waals surface area (Å²) in [6.07, 6.45) is 0.139. The van der Waals surface area contributed by atoms with E-state index in [0.29, 0.717) is 24.4 Å². The molecule has 34 heavy (non-hydrogen) atoms. The summed E-state index contributed by atoms with van der Waals surface area (Å²) in [5.74, 6) is -4.42. The van der Waals surface area contributed by atoms with Gasteiger partial charge < -0.3 is 14.7 Å². The summed E-state index contributed by atoms with van der Waals surface area (Å²) in [5, 5.41) is 7.94. The molecule has 1 amide bonds. The minimum Gasteiger partial charge on any atom is -0.481 e. The number of carboxylic acids is 1. The highest BCUT2D eigenvalue weighted by Gasteiger charge is 2.37. The number of ether oxygens (including phenoxy) is 1. The maximum atomic E-state index is 14.7. The molecule has 1 fully saturated rings. The highest BCUT2D eigenvalue weighted by molar-refractivity contribution is 7.91. The Morgan fingerprint density at radius 1 is 1.21 bits per heavy atom. The second-order valence-electron chi connectivity index (χ2n) is 8.26. The van der Waals surface area contributed by atoms with Gasteiger partial charge in [0.1, 0.15) is 11.6 Å². The second kappa shape index (κ2) is 10.7. The summed E-state index contributed by atoms with van der Waals surface area (Å²) in [5.41, 5.74) is -0.387. The number of nitrogens with zero attached hydrogens (tertiary/aromatic N) is 1.